The van der Waals surface area contributed by atoms with Crippen molar-refractivity contribution >= 4 is 41.3 Å². The van der Waals surface area contributed by atoms with Crippen molar-refractivity contribution in [2.75, 3.05) is 32.8 Å². The standard InChI is InChI=1S/C15H27N3OS.HI/c1-4-16-15(17-9-7-10-19-5-2)18-12-13(3)14-8-6-11-20-14;/h6,8,11,13H,4-5,7,9-10,12H2,1-3H3,(H2,16,17,18);1H. The van der Waals surface area contributed by atoms with Crippen LogP contribution in [0.3, 0.4) is 0 Å². The summed E-state index contributed by atoms with van der Waals surface area (Å²) in [5.41, 5.74) is 0. The Morgan fingerprint density at radius 2 is 2.19 bits per heavy atom. The summed E-state index contributed by atoms with van der Waals surface area (Å²) < 4.78 is 5.32. The van der Waals surface area contributed by atoms with E-state index in [1.54, 1.807) is 11.3 Å². The first-order valence-corrected chi connectivity index (χ1v) is 8.29. The summed E-state index contributed by atoms with van der Waals surface area (Å²) in [5, 5.41) is 8.74. The fourth-order valence-corrected chi connectivity index (χ4v) is 2.54. The van der Waals surface area contributed by atoms with Crippen molar-refractivity contribution in [3.05, 3.63) is 22.4 Å². The number of nitrogens with zero attached hydrogens (tertiary/aromatic N) is 1. The third kappa shape index (κ3) is 9.31. The van der Waals surface area contributed by atoms with Gasteiger partial charge in [-0.1, -0.05) is 13.0 Å². The molecule has 0 saturated carbocycles. The summed E-state index contributed by atoms with van der Waals surface area (Å²) in [7, 11) is 0. The van der Waals surface area contributed by atoms with Crippen LogP contribution in [-0.2, 0) is 4.74 Å². The number of halogens is 1. The predicted molar refractivity (Wildman–Crippen MR) is 103 cm³/mol. The first-order chi connectivity index (χ1) is 9.77. The molecular weight excluding hydrogens is 397 g/mol. The third-order valence-electron chi connectivity index (χ3n) is 2.86. The van der Waals surface area contributed by atoms with Gasteiger partial charge in [0.1, 0.15) is 0 Å². The Balaban J connectivity index is 0.00000400. The van der Waals surface area contributed by atoms with E-state index < -0.39 is 0 Å². The van der Waals surface area contributed by atoms with Crippen molar-refractivity contribution in [3.63, 3.8) is 0 Å². The minimum absolute atomic E-state index is 0. The molecule has 0 fully saturated rings. The molecule has 122 valence electrons. The number of aliphatic imine (C=N–C) groups is 1. The van der Waals surface area contributed by atoms with Crippen LogP contribution in [0.15, 0.2) is 22.5 Å². The van der Waals surface area contributed by atoms with E-state index in [-0.39, 0.29) is 24.0 Å². The van der Waals surface area contributed by atoms with Gasteiger partial charge < -0.3 is 15.4 Å². The van der Waals surface area contributed by atoms with Gasteiger partial charge in [0.05, 0.1) is 6.54 Å². The largest absolute Gasteiger partial charge is 0.382 e. The van der Waals surface area contributed by atoms with Crippen LogP contribution in [-0.4, -0.2) is 38.8 Å². The van der Waals surface area contributed by atoms with E-state index >= 15 is 0 Å². The second-order valence-corrected chi connectivity index (χ2v) is 5.59. The zero-order valence-corrected chi connectivity index (χ0v) is 16.4. The van der Waals surface area contributed by atoms with Gasteiger partial charge in [-0.2, -0.15) is 0 Å². The molecule has 1 aromatic heterocycles. The molecular formula is C15H28IN3OS. The van der Waals surface area contributed by atoms with Crippen LogP contribution in [0.2, 0.25) is 0 Å². The van der Waals surface area contributed by atoms with Gasteiger partial charge in [0.15, 0.2) is 5.96 Å². The Kier molecular flexibility index (Phi) is 13.1. The molecule has 0 saturated heterocycles. The summed E-state index contributed by atoms with van der Waals surface area (Å²) in [6, 6.07) is 4.27. The highest BCUT2D eigenvalue weighted by atomic mass is 127. The van der Waals surface area contributed by atoms with Crippen molar-refractivity contribution in [3.8, 4) is 0 Å². The Hall–Kier alpha value is -0.340. The SMILES string of the molecule is CCNC(=NCC(C)c1cccs1)NCCCOCC.I. The van der Waals surface area contributed by atoms with E-state index in [2.05, 4.69) is 47.0 Å². The maximum atomic E-state index is 5.32. The Labute approximate surface area is 149 Å². The van der Waals surface area contributed by atoms with Crippen molar-refractivity contribution in [2.24, 2.45) is 4.99 Å². The topological polar surface area (TPSA) is 45.7 Å². The minimum atomic E-state index is 0. The summed E-state index contributed by atoms with van der Waals surface area (Å²) in [6.45, 7) is 10.5. The van der Waals surface area contributed by atoms with Crippen LogP contribution in [0.4, 0.5) is 0 Å². The van der Waals surface area contributed by atoms with E-state index in [4.69, 9.17) is 4.74 Å². The molecule has 21 heavy (non-hydrogen) atoms. The number of nitrogens with one attached hydrogen (secondary N) is 2. The second-order valence-electron chi connectivity index (χ2n) is 4.61. The molecule has 1 atom stereocenters. The van der Waals surface area contributed by atoms with E-state index in [0.717, 1.165) is 45.2 Å². The van der Waals surface area contributed by atoms with Crippen LogP contribution in [0, 0.1) is 0 Å². The van der Waals surface area contributed by atoms with E-state index in [1.165, 1.54) is 4.88 Å². The van der Waals surface area contributed by atoms with Gasteiger partial charge >= 0.3 is 0 Å². The summed E-state index contributed by atoms with van der Waals surface area (Å²) >= 11 is 1.80. The van der Waals surface area contributed by atoms with E-state index in [9.17, 15) is 0 Å². The second kappa shape index (κ2) is 13.3. The van der Waals surface area contributed by atoms with Gasteiger partial charge in [-0.25, -0.2) is 0 Å². The molecule has 0 aliphatic heterocycles. The summed E-state index contributed by atoms with van der Waals surface area (Å²) in [4.78, 5) is 6.04. The Morgan fingerprint density at radius 3 is 2.81 bits per heavy atom. The van der Waals surface area contributed by atoms with Gasteiger partial charge in [-0.05, 0) is 31.7 Å². The molecule has 0 aliphatic rings. The van der Waals surface area contributed by atoms with Crippen LogP contribution in [0.25, 0.3) is 0 Å². The molecule has 0 spiro atoms. The molecule has 0 amide bonds. The average Bonchev–Trinajstić information content (AvgIpc) is 2.98. The molecule has 4 nitrogen and oxygen atoms in total. The quantitative estimate of drug-likeness (QED) is 0.276. The Morgan fingerprint density at radius 1 is 1.38 bits per heavy atom. The zero-order valence-electron chi connectivity index (χ0n) is 13.2. The van der Waals surface area contributed by atoms with Gasteiger partial charge in [0.25, 0.3) is 0 Å². The molecule has 0 radical (unpaired) electrons. The number of ether oxygens (including phenoxy) is 1. The number of rotatable bonds is 9. The number of guanidine groups is 1. The smallest absolute Gasteiger partial charge is 0.191 e. The number of thiophene rings is 1. The van der Waals surface area contributed by atoms with Gasteiger partial charge in [0.2, 0.25) is 0 Å². The summed E-state index contributed by atoms with van der Waals surface area (Å²) in [5.74, 6) is 1.36. The molecule has 1 unspecified atom stereocenters. The normalized spacial score (nSPS) is 12.6. The highest BCUT2D eigenvalue weighted by Crippen LogP contribution is 2.20. The van der Waals surface area contributed by atoms with E-state index in [0.29, 0.717) is 5.92 Å². The highest BCUT2D eigenvalue weighted by Gasteiger charge is 2.06. The van der Waals surface area contributed by atoms with Crippen molar-refractivity contribution in [1.29, 1.82) is 0 Å². The van der Waals surface area contributed by atoms with Gasteiger partial charge in [0, 0.05) is 37.1 Å². The molecule has 1 aromatic rings. The number of hydrogen-bond acceptors (Lipinski definition) is 3. The molecule has 2 N–H and O–H groups in total. The lowest BCUT2D eigenvalue weighted by Crippen LogP contribution is -2.38. The fourth-order valence-electron chi connectivity index (χ4n) is 1.76. The molecule has 0 aliphatic carbocycles. The van der Waals surface area contributed by atoms with Crippen molar-refractivity contribution < 1.29 is 4.74 Å². The molecule has 1 heterocycles. The van der Waals surface area contributed by atoms with Gasteiger partial charge in [-0.15, -0.1) is 35.3 Å². The summed E-state index contributed by atoms with van der Waals surface area (Å²) in [6.07, 6.45) is 0.999. The Bertz CT molecular complexity index is 371. The lowest BCUT2D eigenvalue weighted by Gasteiger charge is -2.13. The third-order valence-corrected chi connectivity index (χ3v) is 3.96. The van der Waals surface area contributed by atoms with Crippen LogP contribution >= 0.6 is 35.3 Å². The van der Waals surface area contributed by atoms with Crippen LogP contribution in [0.1, 0.15) is 38.0 Å². The van der Waals surface area contributed by atoms with Gasteiger partial charge in [-0.3, -0.25) is 4.99 Å². The molecule has 1 rings (SSSR count). The zero-order chi connectivity index (χ0) is 14.6. The first kappa shape index (κ1) is 20.7. The van der Waals surface area contributed by atoms with Crippen molar-refractivity contribution in [1.82, 2.24) is 10.6 Å². The average molecular weight is 425 g/mol. The first-order valence-electron chi connectivity index (χ1n) is 7.41. The molecule has 6 heteroatoms. The molecule has 0 aromatic carbocycles. The fraction of sp³-hybridized carbons (Fsp3) is 0.667. The highest BCUT2D eigenvalue weighted by molar-refractivity contribution is 14.0. The minimum Gasteiger partial charge on any atom is -0.382 e. The monoisotopic (exact) mass is 425 g/mol. The van der Waals surface area contributed by atoms with Crippen molar-refractivity contribution in [2.45, 2.75) is 33.1 Å². The lowest BCUT2D eigenvalue weighted by atomic mass is 10.1. The van der Waals surface area contributed by atoms with Crippen LogP contribution in [0.5, 0.6) is 0 Å². The lowest BCUT2D eigenvalue weighted by molar-refractivity contribution is 0.145. The predicted octanol–water partition coefficient (Wildman–Crippen LogP) is 3.45. The maximum Gasteiger partial charge on any atom is 0.191 e. The maximum absolute atomic E-state index is 5.32. The van der Waals surface area contributed by atoms with Crippen LogP contribution < -0.4 is 10.6 Å². The van der Waals surface area contributed by atoms with E-state index in [1.807, 2.05) is 6.92 Å². The number of hydrogen-bond donors (Lipinski definition) is 2. The molecule has 0 bridgehead atoms.